The third kappa shape index (κ3) is 5.25. The number of carbonyl (C=O) groups excluding carboxylic acids is 1. The van der Waals surface area contributed by atoms with Gasteiger partial charge in [0.25, 0.3) is 5.91 Å². The van der Waals surface area contributed by atoms with Gasteiger partial charge in [-0.3, -0.25) is 4.79 Å². The molecule has 128 valence electrons. The summed E-state index contributed by atoms with van der Waals surface area (Å²) in [6.07, 6.45) is -4.44. The van der Waals surface area contributed by atoms with Gasteiger partial charge in [0.05, 0.1) is 5.56 Å². The number of alkyl halides is 3. The molecule has 0 aliphatic carbocycles. The molecule has 0 aromatic heterocycles. The first kappa shape index (κ1) is 18.3. The van der Waals surface area contributed by atoms with Crippen LogP contribution in [0.4, 0.5) is 18.9 Å². The molecule has 0 unspecified atom stereocenters. The van der Waals surface area contributed by atoms with Crippen molar-refractivity contribution in [2.24, 2.45) is 0 Å². The largest absolute Gasteiger partial charge is 0.416 e. The standard InChI is InChI=1S/C17H16ClF3N2O/c1-11(12-4-2-6-14(18)8-12)22-10-16(24)23-15-7-3-5-13(9-15)17(19,20)21/h2-9,11,22H,10H2,1H3,(H,23,24)/p+1/t11-/m1/s1. The van der Waals surface area contributed by atoms with Gasteiger partial charge in [0, 0.05) is 16.3 Å². The number of carbonyl (C=O) groups is 1. The van der Waals surface area contributed by atoms with E-state index < -0.39 is 11.7 Å². The Labute approximate surface area is 142 Å². The Hall–Kier alpha value is -2.05. The second-order valence-electron chi connectivity index (χ2n) is 5.41. The fourth-order valence-corrected chi connectivity index (χ4v) is 2.39. The summed E-state index contributed by atoms with van der Waals surface area (Å²) < 4.78 is 37.9. The average Bonchev–Trinajstić information content (AvgIpc) is 2.52. The highest BCUT2D eigenvalue weighted by Crippen LogP contribution is 2.30. The first-order chi connectivity index (χ1) is 11.3. The Morgan fingerprint density at radius 3 is 2.58 bits per heavy atom. The SMILES string of the molecule is C[C@@H]([NH2+]CC(=O)Nc1cccc(C(F)(F)F)c1)c1cccc(Cl)c1. The van der Waals surface area contributed by atoms with Gasteiger partial charge < -0.3 is 10.6 Å². The van der Waals surface area contributed by atoms with Crippen LogP contribution in [0.15, 0.2) is 48.5 Å². The number of nitrogens with one attached hydrogen (secondary N) is 1. The zero-order valence-electron chi connectivity index (χ0n) is 12.9. The minimum Gasteiger partial charge on any atom is -0.333 e. The van der Waals surface area contributed by atoms with Gasteiger partial charge in [-0.2, -0.15) is 13.2 Å². The van der Waals surface area contributed by atoms with Gasteiger partial charge in [0.1, 0.15) is 6.04 Å². The minimum atomic E-state index is -4.44. The van der Waals surface area contributed by atoms with Gasteiger partial charge in [-0.15, -0.1) is 0 Å². The van der Waals surface area contributed by atoms with Crippen LogP contribution < -0.4 is 10.6 Å². The molecule has 7 heteroatoms. The van der Waals surface area contributed by atoms with E-state index >= 15 is 0 Å². The number of hydrogen-bond acceptors (Lipinski definition) is 1. The molecule has 24 heavy (non-hydrogen) atoms. The lowest BCUT2D eigenvalue weighted by Crippen LogP contribution is -2.86. The van der Waals surface area contributed by atoms with Crippen LogP contribution in [0.1, 0.15) is 24.1 Å². The predicted molar refractivity (Wildman–Crippen MR) is 86.7 cm³/mol. The van der Waals surface area contributed by atoms with Gasteiger partial charge in [0.2, 0.25) is 0 Å². The molecule has 0 bridgehead atoms. The number of benzene rings is 2. The highest BCUT2D eigenvalue weighted by Gasteiger charge is 2.30. The van der Waals surface area contributed by atoms with E-state index in [1.54, 1.807) is 11.4 Å². The van der Waals surface area contributed by atoms with Crippen LogP contribution in [0.3, 0.4) is 0 Å². The van der Waals surface area contributed by atoms with E-state index in [9.17, 15) is 18.0 Å². The van der Waals surface area contributed by atoms with E-state index in [2.05, 4.69) is 5.32 Å². The zero-order valence-corrected chi connectivity index (χ0v) is 13.7. The van der Waals surface area contributed by atoms with Gasteiger partial charge in [-0.1, -0.05) is 29.8 Å². The minimum absolute atomic E-state index is 0.00374. The van der Waals surface area contributed by atoms with Crippen molar-refractivity contribution in [2.75, 3.05) is 11.9 Å². The van der Waals surface area contributed by atoms with Gasteiger partial charge in [0.15, 0.2) is 6.54 Å². The van der Waals surface area contributed by atoms with Gasteiger partial charge >= 0.3 is 6.18 Å². The van der Waals surface area contributed by atoms with E-state index in [0.29, 0.717) is 5.02 Å². The van der Waals surface area contributed by atoms with Crippen LogP contribution in [-0.4, -0.2) is 12.5 Å². The Morgan fingerprint density at radius 1 is 1.21 bits per heavy atom. The molecule has 2 aromatic carbocycles. The first-order valence-electron chi connectivity index (χ1n) is 7.31. The van der Waals surface area contributed by atoms with E-state index in [1.807, 2.05) is 25.1 Å². The second kappa shape index (κ2) is 7.68. The van der Waals surface area contributed by atoms with E-state index in [4.69, 9.17) is 11.6 Å². The molecule has 0 spiro atoms. The monoisotopic (exact) mass is 357 g/mol. The normalized spacial score (nSPS) is 12.7. The molecule has 0 saturated carbocycles. The summed E-state index contributed by atoms with van der Waals surface area (Å²) in [5, 5.41) is 4.87. The molecule has 1 amide bonds. The summed E-state index contributed by atoms with van der Waals surface area (Å²) in [5.41, 5.74) is 0.296. The van der Waals surface area contributed by atoms with Gasteiger partial charge in [-0.05, 0) is 37.3 Å². The summed E-state index contributed by atoms with van der Waals surface area (Å²) in [6, 6.07) is 11.9. The third-order valence-corrected chi connectivity index (χ3v) is 3.74. The lowest BCUT2D eigenvalue weighted by molar-refractivity contribution is -0.682. The molecule has 2 aromatic rings. The maximum absolute atomic E-state index is 12.6. The Morgan fingerprint density at radius 2 is 1.92 bits per heavy atom. The lowest BCUT2D eigenvalue weighted by Gasteiger charge is -2.12. The first-order valence-corrected chi connectivity index (χ1v) is 7.69. The van der Waals surface area contributed by atoms with E-state index in [-0.39, 0.29) is 24.2 Å². The molecule has 0 fully saturated rings. The van der Waals surface area contributed by atoms with Crippen molar-refractivity contribution in [1.82, 2.24) is 0 Å². The lowest BCUT2D eigenvalue weighted by atomic mass is 10.1. The molecule has 0 aliphatic rings. The summed E-state index contributed by atoms with van der Waals surface area (Å²) in [7, 11) is 0. The fraction of sp³-hybridized carbons (Fsp3) is 0.235. The molecular formula is C17H17ClF3N2O+. The summed E-state index contributed by atoms with van der Waals surface area (Å²) in [4.78, 5) is 11.9. The maximum atomic E-state index is 12.6. The summed E-state index contributed by atoms with van der Waals surface area (Å²) in [5.74, 6) is -0.372. The van der Waals surface area contributed by atoms with Crippen molar-refractivity contribution < 1.29 is 23.3 Å². The van der Waals surface area contributed by atoms with Crippen LogP contribution >= 0.6 is 11.6 Å². The number of hydrogen-bond donors (Lipinski definition) is 2. The zero-order chi connectivity index (χ0) is 17.7. The molecule has 0 saturated heterocycles. The number of halogens is 4. The highest BCUT2D eigenvalue weighted by atomic mass is 35.5. The van der Waals surface area contributed by atoms with Crippen molar-refractivity contribution in [3.8, 4) is 0 Å². The Balaban J connectivity index is 1.92. The maximum Gasteiger partial charge on any atom is 0.416 e. The Kier molecular flexibility index (Phi) is 5.85. The van der Waals surface area contributed by atoms with Crippen molar-refractivity contribution in [3.05, 3.63) is 64.7 Å². The van der Waals surface area contributed by atoms with Crippen molar-refractivity contribution >= 4 is 23.2 Å². The van der Waals surface area contributed by atoms with Crippen LogP contribution in [0, 0.1) is 0 Å². The highest BCUT2D eigenvalue weighted by molar-refractivity contribution is 6.30. The number of rotatable bonds is 5. The third-order valence-electron chi connectivity index (χ3n) is 3.50. The van der Waals surface area contributed by atoms with Crippen LogP contribution in [0.25, 0.3) is 0 Å². The van der Waals surface area contributed by atoms with E-state index in [1.165, 1.54) is 12.1 Å². The summed E-state index contributed by atoms with van der Waals surface area (Å²) in [6.45, 7) is 2.01. The summed E-state index contributed by atoms with van der Waals surface area (Å²) >= 11 is 5.93. The van der Waals surface area contributed by atoms with Crippen molar-refractivity contribution in [2.45, 2.75) is 19.1 Å². The molecule has 0 heterocycles. The molecule has 1 atom stereocenters. The molecular weight excluding hydrogens is 341 g/mol. The van der Waals surface area contributed by atoms with Crippen molar-refractivity contribution in [3.63, 3.8) is 0 Å². The Bertz CT molecular complexity index is 719. The number of nitrogens with two attached hydrogens (primary N) is 1. The van der Waals surface area contributed by atoms with Gasteiger partial charge in [-0.25, -0.2) is 0 Å². The quantitative estimate of drug-likeness (QED) is 0.843. The van der Waals surface area contributed by atoms with Crippen LogP contribution in [0.5, 0.6) is 0 Å². The predicted octanol–water partition coefficient (Wildman–Crippen LogP) is 3.62. The molecule has 3 N–H and O–H groups in total. The second-order valence-corrected chi connectivity index (χ2v) is 5.85. The molecule has 3 nitrogen and oxygen atoms in total. The van der Waals surface area contributed by atoms with Crippen LogP contribution in [-0.2, 0) is 11.0 Å². The number of quaternary nitrogens is 1. The molecule has 2 rings (SSSR count). The van der Waals surface area contributed by atoms with E-state index in [0.717, 1.165) is 17.7 Å². The topological polar surface area (TPSA) is 45.7 Å². The number of anilines is 1. The smallest absolute Gasteiger partial charge is 0.333 e. The fourth-order valence-electron chi connectivity index (χ4n) is 2.20. The molecule has 0 radical (unpaired) electrons. The van der Waals surface area contributed by atoms with Crippen molar-refractivity contribution in [1.29, 1.82) is 0 Å². The van der Waals surface area contributed by atoms with Crippen LogP contribution in [0.2, 0.25) is 5.02 Å². The molecule has 0 aliphatic heterocycles. The average molecular weight is 358 g/mol. The number of amides is 1.